The molecular formula is C16H22N2O6. The maximum absolute atomic E-state index is 10.3. The first-order valence-corrected chi connectivity index (χ1v) is 7.14. The van der Waals surface area contributed by atoms with Gasteiger partial charge in [-0.05, 0) is 36.4 Å². The minimum Gasteiger partial charge on any atom is -0.491 e. The first-order chi connectivity index (χ1) is 11.6. The molecule has 132 valence electrons. The largest absolute Gasteiger partial charge is 0.491 e. The van der Waals surface area contributed by atoms with E-state index in [2.05, 4.69) is 0 Å². The lowest BCUT2D eigenvalue weighted by Gasteiger charge is -2.02. The average molecular weight is 338 g/mol. The average Bonchev–Trinajstić information content (AvgIpc) is 2.60. The van der Waals surface area contributed by atoms with Gasteiger partial charge in [-0.1, -0.05) is 0 Å². The number of aliphatic hydroxyl groups is 2. The van der Waals surface area contributed by atoms with Crippen molar-refractivity contribution in [3.63, 3.8) is 0 Å². The zero-order valence-electron chi connectivity index (χ0n) is 13.0. The molecule has 0 unspecified atom stereocenters. The lowest BCUT2D eigenvalue weighted by molar-refractivity contribution is -0.384. The van der Waals surface area contributed by atoms with Gasteiger partial charge in [-0.3, -0.25) is 10.1 Å². The lowest BCUT2D eigenvalue weighted by Crippen LogP contribution is -2.01. The van der Waals surface area contributed by atoms with Gasteiger partial charge in [0.05, 0.1) is 18.1 Å². The number of aliphatic hydroxyl groups excluding tert-OH is 2. The minimum atomic E-state index is -0.476. The van der Waals surface area contributed by atoms with Crippen molar-refractivity contribution in [1.82, 2.24) is 0 Å². The quantitative estimate of drug-likeness (QED) is 0.399. The summed E-state index contributed by atoms with van der Waals surface area (Å²) < 4.78 is 10.1. The fourth-order valence-electron chi connectivity index (χ4n) is 1.56. The molecule has 0 aliphatic rings. The number of ether oxygens (including phenoxy) is 2. The van der Waals surface area contributed by atoms with Crippen molar-refractivity contribution >= 4 is 11.4 Å². The zero-order valence-corrected chi connectivity index (χ0v) is 13.0. The Morgan fingerprint density at radius 2 is 1.33 bits per heavy atom. The topological polar surface area (TPSA) is 128 Å². The highest BCUT2D eigenvalue weighted by Crippen LogP contribution is 2.16. The molecule has 0 bridgehead atoms. The van der Waals surface area contributed by atoms with E-state index >= 15 is 0 Å². The van der Waals surface area contributed by atoms with E-state index in [1.54, 1.807) is 24.3 Å². The smallest absolute Gasteiger partial charge is 0.269 e. The van der Waals surface area contributed by atoms with Crippen LogP contribution in [0.4, 0.5) is 11.4 Å². The van der Waals surface area contributed by atoms with Crippen molar-refractivity contribution in [1.29, 1.82) is 0 Å². The summed E-state index contributed by atoms with van der Waals surface area (Å²) in [5.74, 6) is 1.24. The van der Waals surface area contributed by atoms with Crippen LogP contribution in [-0.2, 0) is 0 Å². The maximum atomic E-state index is 10.3. The van der Waals surface area contributed by atoms with E-state index in [-0.39, 0.29) is 26.9 Å². The summed E-state index contributed by atoms with van der Waals surface area (Å²) in [6, 6.07) is 12.7. The van der Waals surface area contributed by atoms with Crippen LogP contribution in [0.5, 0.6) is 11.5 Å². The van der Waals surface area contributed by atoms with E-state index in [0.717, 1.165) is 5.75 Å². The van der Waals surface area contributed by atoms with Crippen LogP contribution in [-0.4, -0.2) is 41.6 Å². The summed E-state index contributed by atoms with van der Waals surface area (Å²) in [6.07, 6.45) is 0. The number of anilines is 1. The van der Waals surface area contributed by atoms with Crippen molar-refractivity contribution < 1.29 is 26.0 Å². The number of nitro groups is 1. The van der Waals surface area contributed by atoms with Crippen molar-refractivity contribution in [2.24, 2.45) is 0 Å². The number of benzene rings is 2. The van der Waals surface area contributed by atoms with E-state index < -0.39 is 4.92 Å². The van der Waals surface area contributed by atoms with Gasteiger partial charge in [-0.2, -0.15) is 0 Å². The predicted molar refractivity (Wildman–Crippen MR) is 91.2 cm³/mol. The van der Waals surface area contributed by atoms with Crippen molar-refractivity contribution in [3.8, 4) is 11.5 Å². The number of nitro benzene ring substituents is 1. The van der Waals surface area contributed by atoms with Crippen LogP contribution in [0.1, 0.15) is 1.43 Å². The van der Waals surface area contributed by atoms with Crippen molar-refractivity contribution in [3.05, 3.63) is 58.6 Å². The second-order valence-corrected chi connectivity index (χ2v) is 4.46. The summed E-state index contributed by atoms with van der Waals surface area (Å²) in [4.78, 5) is 9.77. The third kappa shape index (κ3) is 7.43. The van der Waals surface area contributed by atoms with Crippen LogP contribution in [0.3, 0.4) is 0 Å². The molecule has 8 heteroatoms. The Morgan fingerprint density at radius 1 is 0.917 bits per heavy atom. The van der Waals surface area contributed by atoms with Gasteiger partial charge < -0.3 is 25.4 Å². The molecular weight excluding hydrogens is 316 g/mol. The molecule has 2 aromatic rings. The Morgan fingerprint density at radius 3 is 1.71 bits per heavy atom. The van der Waals surface area contributed by atoms with E-state index in [4.69, 9.17) is 25.4 Å². The Labute approximate surface area is 140 Å². The highest BCUT2D eigenvalue weighted by atomic mass is 16.6. The van der Waals surface area contributed by atoms with Gasteiger partial charge in [-0.15, -0.1) is 0 Å². The molecule has 0 radical (unpaired) electrons. The van der Waals surface area contributed by atoms with E-state index in [1.165, 1.54) is 24.3 Å². The third-order valence-electron chi connectivity index (χ3n) is 2.65. The number of non-ortho nitro benzene ring substituents is 1. The SMILES string of the molecule is Nc1ccc(OCCO)cc1.O=[N+]([O-])c1ccc(OCCO)cc1.[HH]. The normalized spacial score (nSPS) is 9.58. The highest BCUT2D eigenvalue weighted by Gasteiger charge is 2.03. The fraction of sp³-hybridized carbons (Fsp3) is 0.250. The summed E-state index contributed by atoms with van der Waals surface area (Å²) in [6.45, 7) is 0.475. The monoisotopic (exact) mass is 338 g/mol. The fourth-order valence-corrected chi connectivity index (χ4v) is 1.56. The first kappa shape index (κ1) is 19.2. The van der Waals surface area contributed by atoms with Gasteiger partial charge in [-0.25, -0.2) is 0 Å². The predicted octanol–water partition coefficient (Wildman–Crippen LogP) is 1.85. The van der Waals surface area contributed by atoms with Crippen LogP contribution >= 0.6 is 0 Å². The molecule has 0 aromatic heterocycles. The maximum Gasteiger partial charge on any atom is 0.269 e. The van der Waals surface area contributed by atoms with Crippen molar-refractivity contribution in [2.45, 2.75) is 0 Å². The Bertz CT molecular complexity index is 607. The Balaban J connectivity index is 0.000000449. The number of nitrogen functional groups attached to an aromatic ring is 1. The molecule has 2 rings (SSSR count). The summed E-state index contributed by atoms with van der Waals surface area (Å²) in [5.41, 5.74) is 6.18. The molecule has 0 amide bonds. The molecule has 0 saturated carbocycles. The van der Waals surface area contributed by atoms with Crippen LogP contribution in [0, 0.1) is 10.1 Å². The van der Waals surface area contributed by atoms with Gasteiger partial charge in [0.2, 0.25) is 0 Å². The molecule has 4 N–H and O–H groups in total. The molecule has 0 fully saturated rings. The van der Waals surface area contributed by atoms with Crippen LogP contribution < -0.4 is 15.2 Å². The van der Waals surface area contributed by atoms with E-state index in [0.29, 0.717) is 18.0 Å². The number of hydrogen-bond donors (Lipinski definition) is 3. The summed E-state index contributed by atoms with van der Waals surface area (Å²) in [5, 5.41) is 27.1. The molecule has 0 aliphatic heterocycles. The molecule has 0 spiro atoms. The number of nitrogens with zero attached hydrogens (tertiary/aromatic N) is 1. The third-order valence-corrected chi connectivity index (χ3v) is 2.65. The molecule has 0 heterocycles. The van der Waals surface area contributed by atoms with Gasteiger partial charge in [0.15, 0.2) is 0 Å². The Hall–Kier alpha value is -2.84. The second-order valence-electron chi connectivity index (χ2n) is 4.46. The molecule has 0 saturated heterocycles. The first-order valence-electron chi connectivity index (χ1n) is 7.14. The molecule has 0 aliphatic carbocycles. The standard InChI is InChI=1S/C8H9NO4.C8H11NO2.H2/c10-5-6-13-8-3-1-7(2-4-8)9(11)12;9-7-1-3-8(4-2-7)11-6-5-10;/h1-4,10H,5-6H2;1-4,10H,5-6,9H2;1H. The zero-order chi connectivity index (χ0) is 17.8. The van der Waals surface area contributed by atoms with Crippen LogP contribution in [0.15, 0.2) is 48.5 Å². The van der Waals surface area contributed by atoms with Gasteiger partial charge in [0.1, 0.15) is 24.7 Å². The molecule has 0 atom stereocenters. The van der Waals surface area contributed by atoms with E-state index in [1.807, 2.05) is 0 Å². The number of rotatable bonds is 7. The lowest BCUT2D eigenvalue weighted by atomic mass is 10.3. The Kier molecular flexibility index (Phi) is 8.65. The van der Waals surface area contributed by atoms with E-state index in [9.17, 15) is 10.1 Å². The van der Waals surface area contributed by atoms with Crippen LogP contribution in [0.25, 0.3) is 0 Å². The number of nitrogens with two attached hydrogens (primary N) is 1. The molecule has 8 nitrogen and oxygen atoms in total. The van der Waals surface area contributed by atoms with Crippen LogP contribution in [0.2, 0.25) is 0 Å². The molecule has 2 aromatic carbocycles. The second kappa shape index (κ2) is 10.8. The van der Waals surface area contributed by atoms with Crippen molar-refractivity contribution in [2.75, 3.05) is 32.2 Å². The highest BCUT2D eigenvalue weighted by molar-refractivity contribution is 5.41. The molecule has 24 heavy (non-hydrogen) atoms. The number of hydrogen-bond acceptors (Lipinski definition) is 7. The minimum absolute atomic E-state index is 0. The summed E-state index contributed by atoms with van der Waals surface area (Å²) in [7, 11) is 0. The summed E-state index contributed by atoms with van der Waals surface area (Å²) >= 11 is 0. The van der Waals surface area contributed by atoms with Gasteiger partial charge >= 0.3 is 0 Å². The van der Waals surface area contributed by atoms with Gasteiger partial charge in [0, 0.05) is 19.2 Å². The van der Waals surface area contributed by atoms with Gasteiger partial charge in [0.25, 0.3) is 5.69 Å².